The van der Waals surface area contributed by atoms with Crippen LogP contribution in [0.3, 0.4) is 0 Å². The molecule has 5 heteroatoms. The highest BCUT2D eigenvalue weighted by Crippen LogP contribution is 2.27. The van der Waals surface area contributed by atoms with Crippen LogP contribution in [0.5, 0.6) is 0 Å². The van der Waals surface area contributed by atoms with E-state index in [4.69, 9.17) is 0 Å². The van der Waals surface area contributed by atoms with E-state index in [0.29, 0.717) is 13.0 Å². The summed E-state index contributed by atoms with van der Waals surface area (Å²) in [6, 6.07) is 21.2. The number of benzene rings is 2. The summed E-state index contributed by atoms with van der Waals surface area (Å²) >= 11 is 0. The molecule has 0 saturated heterocycles. The molecule has 0 saturated carbocycles. The maximum Gasteiger partial charge on any atom is 0.317 e. The first kappa shape index (κ1) is 18.6. The molecule has 1 heterocycles. The maximum atomic E-state index is 13.3. The molecule has 0 aliphatic carbocycles. The number of nitrogens with one attached hydrogen (secondary N) is 1. The zero-order chi connectivity index (χ0) is 19.1. The number of carbonyl (C=O) groups is 1. The van der Waals surface area contributed by atoms with Gasteiger partial charge in [-0.05, 0) is 35.4 Å². The Kier molecular flexibility index (Phi) is 6.15. The van der Waals surface area contributed by atoms with Crippen LogP contribution >= 0.6 is 0 Å². The van der Waals surface area contributed by atoms with Gasteiger partial charge < -0.3 is 10.2 Å². The van der Waals surface area contributed by atoms with Crippen LogP contribution < -0.4 is 5.32 Å². The van der Waals surface area contributed by atoms with Crippen molar-refractivity contribution < 1.29 is 9.18 Å². The number of rotatable bonds is 6. The third-order valence-corrected chi connectivity index (χ3v) is 4.39. The number of aromatic nitrogens is 1. The second-order valence-corrected chi connectivity index (χ2v) is 6.28. The molecule has 0 spiro atoms. The van der Waals surface area contributed by atoms with E-state index in [1.807, 2.05) is 48.5 Å². The minimum atomic E-state index is -0.304. The van der Waals surface area contributed by atoms with Gasteiger partial charge in [0.05, 0.1) is 6.04 Å². The summed E-state index contributed by atoms with van der Waals surface area (Å²) in [5.41, 5.74) is 2.75. The van der Waals surface area contributed by atoms with Gasteiger partial charge in [0, 0.05) is 31.9 Å². The van der Waals surface area contributed by atoms with Crippen LogP contribution in [0.2, 0.25) is 0 Å². The van der Waals surface area contributed by atoms with Crippen molar-refractivity contribution in [2.45, 2.75) is 12.5 Å². The molecule has 27 heavy (non-hydrogen) atoms. The van der Waals surface area contributed by atoms with Crippen LogP contribution in [0.1, 0.15) is 22.9 Å². The molecule has 2 amide bonds. The average Bonchev–Trinajstić information content (AvgIpc) is 2.71. The first-order valence-corrected chi connectivity index (χ1v) is 8.86. The van der Waals surface area contributed by atoms with E-state index < -0.39 is 0 Å². The Morgan fingerprint density at radius 2 is 1.67 bits per heavy atom. The average molecular weight is 363 g/mol. The molecule has 0 aliphatic rings. The van der Waals surface area contributed by atoms with Crippen molar-refractivity contribution >= 4 is 6.03 Å². The van der Waals surface area contributed by atoms with E-state index in [1.54, 1.807) is 30.3 Å². The standard InChI is InChI=1S/C22H22FN3O/c1-26(22(27)25-16-14-20-9-5-6-15-24-20)21(17-7-3-2-4-8-17)18-10-12-19(23)13-11-18/h2-13,15,21H,14,16H2,1H3,(H,25,27). The van der Waals surface area contributed by atoms with Crippen LogP contribution in [0.25, 0.3) is 0 Å². The van der Waals surface area contributed by atoms with Gasteiger partial charge in [0.25, 0.3) is 0 Å². The lowest BCUT2D eigenvalue weighted by Crippen LogP contribution is -2.40. The minimum Gasteiger partial charge on any atom is -0.338 e. The van der Waals surface area contributed by atoms with Gasteiger partial charge in [-0.2, -0.15) is 0 Å². The quantitative estimate of drug-likeness (QED) is 0.714. The Balaban J connectivity index is 1.73. The molecule has 1 N–H and O–H groups in total. The highest BCUT2D eigenvalue weighted by Gasteiger charge is 2.23. The predicted molar refractivity (Wildman–Crippen MR) is 104 cm³/mol. The number of hydrogen-bond donors (Lipinski definition) is 1. The molecule has 138 valence electrons. The van der Waals surface area contributed by atoms with E-state index in [9.17, 15) is 9.18 Å². The first-order valence-electron chi connectivity index (χ1n) is 8.86. The Morgan fingerprint density at radius 1 is 1.00 bits per heavy atom. The highest BCUT2D eigenvalue weighted by molar-refractivity contribution is 5.75. The molecular weight excluding hydrogens is 341 g/mol. The van der Waals surface area contributed by atoms with Gasteiger partial charge >= 0.3 is 6.03 Å². The molecule has 0 aliphatic heterocycles. The monoisotopic (exact) mass is 363 g/mol. The zero-order valence-electron chi connectivity index (χ0n) is 15.2. The van der Waals surface area contributed by atoms with Crippen molar-refractivity contribution in [3.63, 3.8) is 0 Å². The van der Waals surface area contributed by atoms with E-state index >= 15 is 0 Å². The van der Waals surface area contributed by atoms with E-state index in [-0.39, 0.29) is 17.9 Å². The van der Waals surface area contributed by atoms with Gasteiger partial charge in [0.1, 0.15) is 5.82 Å². The molecule has 0 bridgehead atoms. The molecule has 0 radical (unpaired) electrons. The van der Waals surface area contributed by atoms with Gasteiger partial charge in [-0.25, -0.2) is 9.18 Å². The third kappa shape index (κ3) is 4.91. The van der Waals surface area contributed by atoms with Crippen LogP contribution in [0.15, 0.2) is 79.0 Å². The first-order chi connectivity index (χ1) is 13.1. The van der Waals surface area contributed by atoms with Crippen LogP contribution in [-0.4, -0.2) is 29.5 Å². The van der Waals surface area contributed by atoms with Crippen LogP contribution in [0, 0.1) is 5.82 Å². The Morgan fingerprint density at radius 3 is 2.33 bits per heavy atom. The molecule has 3 aromatic rings. The van der Waals surface area contributed by atoms with Crippen molar-refractivity contribution in [2.75, 3.05) is 13.6 Å². The summed E-state index contributed by atoms with van der Waals surface area (Å²) in [5.74, 6) is -0.298. The molecule has 1 unspecified atom stereocenters. The number of nitrogens with zero attached hydrogens (tertiary/aromatic N) is 2. The van der Waals surface area contributed by atoms with Gasteiger partial charge in [-0.15, -0.1) is 0 Å². The summed E-state index contributed by atoms with van der Waals surface area (Å²) in [7, 11) is 1.75. The molecule has 3 rings (SSSR count). The second-order valence-electron chi connectivity index (χ2n) is 6.28. The number of hydrogen-bond acceptors (Lipinski definition) is 2. The second kappa shape index (κ2) is 8.94. The van der Waals surface area contributed by atoms with Crippen LogP contribution in [0.4, 0.5) is 9.18 Å². The fourth-order valence-electron chi connectivity index (χ4n) is 3.01. The summed E-state index contributed by atoms with van der Waals surface area (Å²) < 4.78 is 13.3. The largest absolute Gasteiger partial charge is 0.338 e. The minimum absolute atomic E-state index is 0.191. The Labute approximate surface area is 158 Å². The van der Waals surface area contributed by atoms with Crippen molar-refractivity contribution in [2.24, 2.45) is 0 Å². The summed E-state index contributed by atoms with van der Waals surface area (Å²) in [4.78, 5) is 18.6. The SMILES string of the molecule is CN(C(=O)NCCc1ccccn1)C(c1ccccc1)c1ccc(F)cc1. The van der Waals surface area contributed by atoms with Crippen molar-refractivity contribution in [3.8, 4) is 0 Å². The molecule has 2 aromatic carbocycles. The van der Waals surface area contributed by atoms with E-state index in [1.165, 1.54) is 12.1 Å². The molecular formula is C22H22FN3O. The number of halogens is 1. The van der Waals surface area contributed by atoms with Gasteiger partial charge in [-0.3, -0.25) is 4.98 Å². The number of amides is 2. The van der Waals surface area contributed by atoms with Crippen LogP contribution in [-0.2, 0) is 6.42 Å². The fourth-order valence-corrected chi connectivity index (χ4v) is 3.01. The number of urea groups is 1. The third-order valence-electron chi connectivity index (χ3n) is 4.39. The van der Waals surface area contributed by atoms with Crippen molar-refractivity contribution in [1.82, 2.24) is 15.2 Å². The highest BCUT2D eigenvalue weighted by atomic mass is 19.1. The van der Waals surface area contributed by atoms with Gasteiger partial charge in [0.2, 0.25) is 0 Å². The smallest absolute Gasteiger partial charge is 0.317 e. The predicted octanol–water partition coefficient (Wildman–Crippen LogP) is 4.19. The molecule has 1 atom stereocenters. The maximum absolute atomic E-state index is 13.3. The Hall–Kier alpha value is -3.21. The lowest BCUT2D eigenvalue weighted by Gasteiger charge is -2.29. The summed E-state index contributed by atoms with van der Waals surface area (Å²) in [6.07, 6.45) is 2.40. The number of carbonyl (C=O) groups excluding carboxylic acids is 1. The van der Waals surface area contributed by atoms with Crippen molar-refractivity contribution in [3.05, 3.63) is 102 Å². The molecule has 4 nitrogen and oxygen atoms in total. The van der Waals surface area contributed by atoms with E-state index in [2.05, 4.69) is 10.3 Å². The normalized spacial score (nSPS) is 11.6. The lowest BCUT2D eigenvalue weighted by molar-refractivity contribution is 0.198. The molecule has 1 aromatic heterocycles. The van der Waals surface area contributed by atoms with Gasteiger partial charge in [-0.1, -0.05) is 48.5 Å². The zero-order valence-corrected chi connectivity index (χ0v) is 15.2. The fraction of sp³-hybridized carbons (Fsp3) is 0.182. The molecule has 0 fully saturated rings. The number of pyridine rings is 1. The summed E-state index contributed by atoms with van der Waals surface area (Å²) in [6.45, 7) is 0.491. The summed E-state index contributed by atoms with van der Waals surface area (Å²) in [5, 5.41) is 2.94. The Bertz CT molecular complexity index is 854. The van der Waals surface area contributed by atoms with E-state index in [0.717, 1.165) is 16.8 Å². The topological polar surface area (TPSA) is 45.2 Å². The van der Waals surface area contributed by atoms with Gasteiger partial charge in [0.15, 0.2) is 0 Å². The lowest BCUT2D eigenvalue weighted by atomic mass is 9.97. The van der Waals surface area contributed by atoms with Crippen molar-refractivity contribution in [1.29, 1.82) is 0 Å².